The van der Waals surface area contributed by atoms with Gasteiger partial charge in [0, 0.05) is 12.4 Å². The van der Waals surface area contributed by atoms with Crippen LogP contribution in [0.4, 0.5) is 5.82 Å². The molecule has 2 unspecified atom stereocenters. The summed E-state index contributed by atoms with van der Waals surface area (Å²) in [6, 6.07) is 0. The molecule has 3 rings (SSSR count). The summed E-state index contributed by atoms with van der Waals surface area (Å²) in [5.74, 6) is 0.412. The number of nitrogen functional groups attached to an aromatic ring is 1. The first-order chi connectivity index (χ1) is 8.29. The van der Waals surface area contributed by atoms with Crippen LogP contribution in [0, 0.1) is 0 Å². The molecule has 0 spiro atoms. The van der Waals surface area contributed by atoms with E-state index in [1.54, 1.807) is 12.4 Å². The molecule has 90 valence electrons. The zero-order chi connectivity index (χ0) is 11.8. The van der Waals surface area contributed by atoms with Crippen LogP contribution >= 0.6 is 0 Å². The van der Waals surface area contributed by atoms with Gasteiger partial charge in [-0.25, -0.2) is 9.97 Å². The number of anilines is 1. The lowest BCUT2D eigenvalue weighted by atomic mass is 10.1. The highest BCUT2D eigenvalue weighted by molar-refractivity contribution is 5.59. The number of imidazole rings is 1. The van der Waals surface area contributed by atoms with Gasteiger partial charge in [-0.1, -0.05) is 0 Å². The van der Waals surface area contributed by atoms with Gasteiger partial charge in [-0.15, -0.1) is 0 Å². The van der Waals surface area contributed by atoms with Gasteiger partial charge in [0.05, 0.1) is 30.7 Å². The third-order valence-corrected chi connectivity index (χ3v) is 3.12. The molecular formula is C11H14N4O2. The van der Waals surface area contributed by atoms with Crippen LogP contribution in [-0.2, 0) is 4.74 Å². The van der Waals surface area contributed by atoms with Gasteiger partial charge in [0.15, 0.2) is 11.5 Å². The molecule has 0 radical (unpaired) electrons. The van der Waals surface area contributed by atoms with E-state index in [-0.39, 0.29) is 18.8 Å². The number of nitrogens with two attached hydrogens (primary N) is 1. The van der Waals surface area contributed by atoms with E-state index in [1.165, 1.54) is 0 Å². The zero-order valence-electron chi connectivity index (χ0n) is 9.28. The average Bonchev–Trinajstić information content (AvgIpc) is 2.94. The molecule has 0 amide bonds. The highest BCUT2D eigenvalue weighted by Gasteiger charge is 2.28. The Balaban J connectivity index is 1.99. The Morgan fingerprint density at radius 2 is 2.35 bits per heavy atom. The highest BCUT2D eigenvalue weighted by atomic mass is 16.5. The van der Waals surface area contributed by atoms with Crippen LogP contribution in [0.15, 0.2) is 18.6 Å². The largest absolute Gasteiger partial charge is 0.394 e. The van der Waals surface area contributed by atoms with Crippen LogP contribution in [0.5, 0.6) is 0 Å². The minimum absolute atomic E-state index is 0.0241. The molecule has 0 saturated carbocycles. The number of ether oxygens (including phenoxy) is 1. The number of aliphatic hydroxyl groups excluding tert-OH is 1. The third kappa shape index (κ3) is 1.65. The van der Waals surface area contributed by atoms with Gasteiger partial charge in [-0.3, -0.25) is 4.40 Å². The van der Waals surface area contributed by atoms with Gasteiger partial charge >= 0.3 is 0 Å². The van der Waals surface area contributed by atoms with Gasteiger partial charge in [0.25, 0.3) is 0 Å². The summed E-state index contributed by atoms with van der Waals surface area (Å²) in [7, 11) is 0. The first kappa shape index (κ1) is 10.5. The lowest BCUT2D eigenvalue weighted by molar-refractivity contribution is 0.00891. The van der Waals surface area contributed by atoms with Gasteiger partial charge in [-0.05, 0) is 12.8 Å². The fraction of sp³-hybridized carbons (Fsp3) is 0.455. The number of rotatable bonds is 2. The first-order valence-corrected chi connectivity index (χ1v) is 5.63. The summed E-state index contributed by atoms with van der Waals surface area (Å²) in [6.07, 6.45) is 6.90. The van der Waals surface area contributed by atoms with E-state index in [2.05, 4.69) is 9.97 Å². The maximum Gasteiger partial charge on any atom is 0.180 e. The summed E-state index contributed by atoms with van der Waals surface area (Å²) in [5, 5.41) is 9.06. The Kier molecular flexibility index (Phi) is 2.45. The van der Waals surface area contributed by atoms with Gasteiger partial charge in [0.2, 0.25) is 0 Å². The monoisotopic (exact) mass is 234 g/mol. The van der Waals surface area contributed by atoms with Crippen molar-refractivity contribution in [3.63, 3.8) is 0 Å². The van der Waals surface area contributed by atoms with E-state index < -0.39 is 0 Å². The minimum Gasteiger partial charge on any atom is -0.394 e. The number of aliphatic hydroxyl groups is 1. The van der Waals surface area contributed by atoms with Crippen molar-refractivity contribution in [2.75, 3.05) is 12.3 Å². The van der Waals surface area contributed by atoms with E-state index in [0.29, 0.717) is 11.5 Å². The molecule has 3 heterocycles. The lowest BCUT2D eigenvalue weighted by Gasteiger charge is -2.11. The Labute approximate surface area is 98.1 Å². The molecular weight excluding hydrogens is 220 g/mol. The molecule has 6 heteroatoms. The van der Waals surface area contributed by atoms with E-state index in [1.807, 2.05) is 10.6 Å². The van der Waals surface area contributed by atoms with E-state index in [0.717, 1.165) is 18.5 Å². The number of hydrogen-bond acceptors (Lipinski definition) is 5. The fourth-order valence-corrected chi connectivity index (χ4v) is 2.25. The maximum atomic E-state index is 9.06. The second-order valence-electron chi connectivity index (χ2n) is 4.20. The Morgan fingerprint density at radius 1 is 1.47 bits per heavy atom. The Bertz CT molecular complexity index is 539. The van der Waals surface area contributed by atoms with E-state index in [4.69, 9.17) is 15.6 Å². The van der Waals surface area contributed by atoms with Crippen molar-refractivity contribution in [1.82, 2.24) is 14.4 Å². The molecule has 3 N–H and O–H groups in total. The predicted molar refractivity (Wildman–Crippen MR) is 61.3 cm³/mol. The lowest BCUT2D eigenvalue weighted by Crippen LogP contribution is -2.11. The Morgan fingerprint density at radius 3 is 3.12 bits per heavy atom. The van der Waals surface area contributed by atoms with Crippen molar-refractivity contribution in [3.05, 3.63) is 24.3 Å². The van der Waals surface area contributed by atoms with Crippen molar-refractivity contribution in [3.8, 4) is 0 Å². The molecule has 0 aromatic carbocycles. The van der Waals surface area contributed by atoms with Crippen LogP contribution < -0.4 is 5.73 Å². The molecule has 1 fully saturated rings. The minimum atomic E-state index is -0.0651. The van der Waals surface area contributed by atoms with E-state index >= 15 is 0 Å². The smallest absolute Gasteiger partial charge is 0.180 e. The summed E-state index contributed by atoms with van der Waals surface area (Å²) < 4.78 is 7.63. The molecule has 1 aliphatic heterocycles. The SMILES string of the molecule is Nc1nccn2c(C3CCC(CO)O3)cnc12. The summed E-state index contributed by atoms with van der Waals surface area (Å²) in [5.41, 5.74) is 7.36. The van der Waals surface area contributed by atoms with Crippen molar-refractivity contribution >= 4 is 11.5 Å². The van der Waals surface area contributed by atoms with Crippen LogP contribution in [0.1, 0.15) is 24.6 Å². The number of hydrogen-bond donors (Lipinski definition) is 2. The summed E-state index contributed by atoms with van der Waals surface area (Å²) in [6.45, 7) is 0.0664. The zero-order valence-corrected chi connectivity index (χ0v) is 9.28. The Hall–Kier alpha value is -1.66. The summed E-state index contributed by atoms with van der Waals surface area (Å²) in [4.78, 5) is 8.24. The standard InChI is InChI=1S/C11H14N4O2/c12-10-11-14-5-8(15(11)4-3-13-10)9-2-1-7(6-16)17-9/h3-5,7,9,16H,1-2,6H2,(H2,12,13). The topological polar surface area (TPSA) is 85.7 Å². The molecule has 1 saturated heterocycles. The first-order valence-electron chi connectivity index (χ1n) is 5.63. The van der Waals surface area contributed by atoms with Crippen LogP contribution in [-0.4, -0.2) is 32.2 Å². The molecule has 17 heavy (non-hydrogen) atoms. The van der Waals surface area contributed by atoms with Crippen LogP contribution in [0.2, 0.25) is 0 Å². The second kappa shape index (κ2) is 3.97. The van der Waals surface area contributed by atoms with E-state index in [9.17, 15) is 0 Å². The molecule has 2 aromatic rings. The molecule has 1 aliphatic rings. The molecule has 6 nitrogen and oxygen atoms in total. The molecule has 0 bridgehead atoms. The predicted octanol–water partition coefficient (Wildman–Crippen LogP) is 0.524. The normalized spacial score (nSPS) is 24.5. The third-order valence-electron chi connectivity index (χ3n) is 3.12. The quantitative estimate of drug-likeness (QED) is 0.791. The maximum absolute atomic E-state index is 9.06. The molecule has 0 aliphatic carbocycles. The fourth-order valence-electron chi connectivity index (χ4n) is 2.25. The number of fused-ring (bicyclic) bond motifs is 1. The summed E-state index contributed by atoms with van der Waals surface area (Å²) >= 11 is 0. The highest BCUT2D eigenvalue weighted by Crippen LogP contribution is 2.33. The van der Waals surface area contributed by atoms with Crippen molar-refractivity contribution in [2.45, 2.75) is 25.0 Å². The van der Waals surface area contributed by atoms with Crippen LogP contribution in [0.3, 0.4) is 0 Å². The molecule has 2 atom stereocenters. The van der Waals surface area contributed by atoms with Crippen molar-refractivity contribution in [1.29, 1.82) is 0 Å². The number of aromatic nitrogens is 3. The number of nitrogens with zero attached hydrogens (tertiary/aromatic N) is 3. The van der Waals surface area contributed by atoms with Gasteiger partial charge < -0.3 is 15.6 Å². The van der Waals surface area contributed by atoms with Crippen molar-refractivity contribution in [2.24, 2.45) is 0 Å². The molecule has 2 aromatic heterocycles. The van der Waals surface area contributed by atoms with Crippen molar-refractivity contribution < 1.29 is 9.84 Å². The van der Waals surface area contributed by atoms with Gasteiger partial charge in [0.1, 0.15) is 0 Å². The van der Waals surface area contributed by atoms with Crippen LogP contribution in [0.25, 0.3) is 5.65 Å². The van der Waals surface area contributed by atoms with Gasteiger partial charge in [-0.2, -0.15) is 0 Å². The average molecular weight is 234 g/mol. The second-order valence-corrected chi connectivity index (χ2v) is 4.20.